The van der Waals surface area contributed by atoms with Gasteiger partial charge in [-0.25, -0.2) is 8.42 Å². The van der Waals surface area contributed by atoms with Crippen molar-refractivity contribution >= 4 is 37.3 Å². The van der Waals surface area contributed by atoms with Gasteiger partial charge < -0.3 is 0 Å². The van der Waals surface area contributed by atoms with Crippen LogP contribution in [0.25, 0.3) is 0 Å². The van der Waals surface area contributed by atoms with E-state index in [0.29, 0.717) is 4.47 Å². The van der Waals surface area contributed by atoms with Gasteiger partial charge in [-0.1, -0.05) is 0 Å². The number of hydrogen-bond acceptors (Lipinski definition) is 3. The fraction of sp³-hybridized carbons (Fsp3) is 0. The zero-order valence-electron chi connectivity index (χ0n) is 4.67. The van der Waals surface area contributed by atoms with Crippen LogP contribution in [0.3, 0.4) is 0 Å². The lowest BCUT2D eigenvalue weighted by atomic mass is 10.7. The van der Waals surface area contributed by atoms with Gasteiger partial charge in [-0.2, -0.15) is 0 Å². The fourth-order valence-electron chi connectivity index (χ4n) is 0.472. The predicted molar refractivity (Wildman–Crippen MR) is 42.3 cm³/mol. The smallest absolute Gasteiger partial charge is 0.205 e. The largest absolute Gasteiger partial charge is 0.264 e. The highest BCUT2D eigenvalue weighted by Crippen LogP contribution is 2.26. The quantitative estimate of drug-likeness (QED) is 0.747. The molecule has 55 valence electrons. The van der Waals surface area contributed by atoms with Crippen molar-refractivity contribution in [2.45, 2.75) is 4.21 Å². The van der Waals surface area contributed by atoms with Crippen LogP contribution in [0.5, 0.6) is 0 Å². The van der Waals surface area contributed by atoms with E-state index in [1.165, 1.54) is 0 Å². The average molecular weight is 241 g/mol. The Bertz CT molecular complexity index is 329. The minimum atomic E-state index is -3.77. The molecule has 10 heavy (non-hydrogen) atoms. The van der Waals surface area contributed by atoms with Crippen molar-refractivity contribution in [2.75, 3.05) is 0 Å². The standard InChI is InChI=1S/C4H3BrNO2S2/c5-3-1-2-9-4(3)10(6,7)8/h1-2,6H. The molecule has 0 aliphatic carbocycles. The van der Waals surface area contributed by atoms with Gasteiger partial charge in [0.25, 0.3) is 10.0 Å². The molecule has 0 aliphatic heterocycles. The van der Waals surface area contributed by atoms with E-state index in [9.17, 15) is 8.42 Å². The molecule has 1 aromatic heterocycles. The summed E-state index contributed by atoms with van der Waals surface area (Å²) in [5.74, 6) is 0. The van der Waals surface area contributed by atoms with Crippen molar-refractivity contribution in [3.05, 3.63) is 15.9 Å². The molecule has 0 saturated heterocycles. The van der Waals surface area contributed by atoms with Crippen molar-refractivity contribution in [1.82, 2.24) is 5.14 Å². The second kappa shape index (κ2) is 2.61. The van der Waals surface area contributed by atoms with Crippen LogP contribution < -0.4 is 5.14 Å². The molecule has 1 heterocycles. The monoisotopic (exact) mass is 240 g/mol. The van der Waals surface area contributed by atoms with Crippen molar-refractivity contribution in [1.29, 1.82) is 0 Å². The first-order chi connectivity index (χ1) is 4.52. The molecule has 1 N–H and O–H groups in total. The first-order valence-electron chi connectivity index (χ1n) is 2.24. The van der Waals surface area contributed by atoms with E-state index in [0.717, 1.165) is 11.3 Å². The number of thiophene rings is 1. The molecule has 1 aromatic rings. The number of halogens is 1. The van der Waals surface area contributed by atoms with E-state index in [2.05, 4.69) is 15.9 Å². The Morgan fingerprint density at radius 2 is 2.20 bits per heavy atom. The minimum absolute atomic E-state index is 0.0625. The number of rotatable bonds is 1. The summed E-state index contributed by atoms with van der Waals surface area (Å²) in [5.41, 5.74) is 0. The van der Waals surface area contributed by atoms with Crippen LogP contribution in [0, 0.1) is 0 Å². The summed E-state index contributed by atoms with van der Waals surface area (Å²) in [7, 11) is -3.77. The molecule has 1 radical (unpaired) electrons. The van der Waals surface area contributed by atoms with Gasteiger partial charge in [0.05, 0.1) is 0 Å². The molecule has 0 saturated carbocycles. The van der Waals surface area contributed by atoms with E-state index in [1.54, 1.807) is 11.4 Å². The predicted octanol–water partition coefficient (Wildman–Crippen LogP) is 1.48. The third kappa shape index (κ3) is 1.57. The molecule has 0 fully saturated rings. The molecule has 0 amide bonds. The number of hydrogen-bond donors (Lipinski definition) is 0. The minimum Gasteiger partial charge on any atom is -0.205 e. The zero-order chi connectivity index (χ0) is 7.78. The van der Waals surface area contributed by atoms with Gasteiger partial charge >= 0.3 is 0 Å². The highest BCUT2D eigenvalue weighted by Gasteiger charge is 2.13. The Kier molecular flexibility index (Phi) is 2.14. The lowest BCUT2D eigenvalue weighted by molar-refractivity contribution is 0.598. The molecule has 1 rings (SSSR count). The van der Waals surface area contributed by atoms with Crippen LogP contribution in [0.4, 0.5) is 0 Å². The van der Waals surface area contributed by atoms with Crippen molar-refractivity contribution in [3.8, 4) is 0 Å². The normalized spacial score (nSPS) is 11.8. The van der Waals surface area contributed by atoms with Crippen molar-refractivity contribution < 1.29 is 8.42 Å². The lowest BCUT2D eigenvalue weighted by Gasteiger charge is -1.89. The van der Waals surface area contributed by atoms with E-state index >= 15 is 0 Å². The fourth-order valence-corrected chi connectivity index (χ4v) is 3.20. The van der Waals surface area contributed by atoms with Gasteiger partial charge in [0.2, 0.25) is 0 Å². The van der Waals surface area contributed by atoms with Crippen LogP contribution in [-0.4, -0.2) is 8.42 Å². The van der Waals surface area contributed by atoms with Gasteiger partial charge in [0.15, 0.2) is 0 Å². The third-order valence-corrected chi connectivity index (χ3v) is 4.38. The van der Waals surface area contributed by atoms with Crippen LogP contribution in [0.1, 0.15) is 0 Å². The molecular formula is C4H3BrNO2S2. The Morgan fingerprint density at radius 3 is 2.40 bits per heavy atom. The van der Waals surface area contributed by atoms with Crippen LogP contribution in [-0.2, 0) is 10.0 Å². The van der Waals surface area contributed by atoms with Gasteiger partial charge in [0.1, 0.15) is 4.21 Å². The Hall–Kier alpha value is 0.0900. The topological polar surface area (TPSA) is 57.9 Å². The maximum absolute atomic E-state index is 10.6. The van der Waals surface area contributed by atoms with E-state index in [1.807, 2.05) is 0 Å². The number of sulfonamides is 1. The molecule has 0 aliphatic rings. The lowest BCUT2D eigenvalue weighted by Crippen LogP contribution is -1.97. The summed E-state index contributed by atoms with van der Waals surface area (Å²) in [4.78, 5) is 0. The van der Waals surface area contributed by atoms with Crippen LogP contribution >= 0.6 is 27.3 Å². The zero-order valence-corrected chi connectivity index (χ0v) is 7.88. The molecule has 0 unspecified atom stereocenters. The third-order valence-electron chi connectivity index (χ3n) is 0.829. The van der Waals surface area contributed by atoms with Gasteiger partial charge in [-0.3, -0.25) is 0 Å². The van der Waals surface area contributed by atoms with Gasteiger partial charge in [0, 0.05) is 4.47 Å². The molecule has 0 bridgehead atoms. The van der Waals surface area contributed by atoms with Gasteiger partial charge in [-0.05, 0) is 27.4 Å². The maximum Gasteiger partial charge on any atom is 0.264 e. The molecule has 0 spiro atoms. The molecule has 0 aromatic carbocycles. The first-order valence-corrected chi connectivity index (χ1v) is 5.40. The molecule has 0 atom stereocenters. The summed E-state index contributed by atoms with van der Waals surface area (Å²) in [5, 5.41) is 8.30. The Labute approximate surface area is 71.0 Å². The second-order valence-electron chi connectivity index (χ2n) is 1.56. The van der Waals surface area contributed by atoms with Crippen molar-refractivity contribution in [2.24, 2.45) is 0 Å². The first kappa shape index (κ1) is 8.19. The molecule has 6 heteroatoms. The Balaban J connectivity index is 3.32. The van der Waals surface area contributed by atoms with Crippen LogP contribution in [0.15, 0.2) is 20.1 Å². The second-order valence-corrected chi connectivity index (χ2v) is 5.00. The average Bonchev–Trinajstić information content (AvgIpc) is 2.11. The Morgan fingerprint density at radius 1 is 1.60 bits per heavy atom. The van der Waals surface area contributed by atoms with Crippen LogP contribution in [0.2, 0.25) is 0 Å². The summed E-state index contributed by atoms with van der Waals surface area (Å²) in [6.07, 6.45) is 0. The summed E-state index contributed by atoms with van der Waals surface area (Å²) >= 11 is 4.05. The van der Waals surface area contributed by atoms with E-state index in [4.69, 9.17) is 5.14 Å². The summed E-state index contributed by atoms with van der Waals surface area (Å²) < 4.78 is 21.7. The highest BCUT2D eigenvalue weighted by molar-refractivity contribution is 9.10. The van der Waals surface area contributed by atoms with Gasteiger partial charge in [-0.15, -0.1) is 16.5 Å². The molecule has 3 nitrogen and oxygen atoms in total. The molecular weight excluding hydrogens is 238 g/mol. The maximum atomic E-state index is 10.6. The number of nitrogens with one attached hydrogen (secondary N) is 1. The SMILES string of the molecule is [NH]S(=O)(=O)c1sccc1Br. The highest BCUT2D eigenvalue weighted by atomic mass is 79.9. The van der Waals surface area contributed by atoms with E-state index < -0.39 is 10.0 Å². The van der Waals surface area contributed by atoms with E-state index in [-0.39, 0.29) is 4.21 Å². The van der Waals surface area contributed by atoms with Crippen molar-refractivity contribution in [3.63, 3.8) is 0 Å². The summed E-state index contributed by atoms with van der Waals surface area (Å²) in [6, 6.07) is 1.60. The summed E-state index contributed by atoms with van der Waals surface area (Å²) in [6.45, 7) is 0.